The number of H-pyrrole nitrogens is 1. The van der Waals surface area contributed by atoms with E-state index in [9.17, 15) is 0 Å². The second-order valence-corrected chi connectivity index (χ2v) is 4.77. The smallest absolute Gasteiger partial charge is 0.110 e. The summed E-state index contributed by atoms with van der Waals surface area (Å²) in [4.78, 5) is 8.13. The lowest BCUT2D eigenvalue weighted by atomic mass is 10.1. The summed E-state index contributed by atoms with van der Waals surface area (Å²) in [6.07, 6.45) is 2.70. The topological polar surface area (TPSA) is 54.7 Å². The molecule has 3 heteroatoms. The van der Waals surface area contributed by atoms with Gasteiger partial charge in [-0.25, -0.2) is 4.98 Å². The summed E-state index contributed by atoms with van der Waals surface area (Å²) in [7, 11) is 0. The van der Waals surface area contributed by atoms with Gasteiger partial charge in [-0.1, -0.05) is 19.1 Å². The Morgan fingerprint density at radius 1 is 1.50 bits per heavy atom. The number of para-hydroxylation sites is 1. The molecule has 1 saturated carbocycles. The molecule has 0 radical (unpaired) electrons. The van der Waals surface area contributed by atoms with Crippen molar-refractivity contribution in [2.45, 2.75) is 32.2 Å². The maximum absolute atomic E-state index is 5.72. The van der Waals surface area contributed by atoms with E-state index in [0.717, 1.165) is 28.3 Å². The zero-order chi connectivity index (χ0) is 11.1. The molecule has 0 aliphatic heterocycles. The molecule has 1 aliphatic carbocycles. The summed E-state index contributed by atoms with van der Waals surface area (Å²) < 4.78 is 0. The molecule has 1 aliphatic rings. The molecule has 1 heterocycles. The Kier molecular flexibility index (Phi) is 2.21. The molecule has 0 amide bonds. The lowest BCUT2D eigenvalue weighted by Gasteiger charge is -2.04. The molecule has 84 valence electrons. The third kappa shape index (κ3) is 1.52. The number of nitrogens with two attached hydrogens (primary N) is 1. The molecular weight excluding hydrogens is 198 g/mol. The molecule has 1 unspecified atom stereocenters. The number of hydrogen-bond donors (Lipinski definition) is 2. The lowest BCUT2D eigenvalue weighted by Crippen LogP contribution is -1.98. The minimum atomic E-state index is 0.554. The van der Waals surface area contributed by atoms with Crippen LogP contribution in [0.2, 0.25) is 0 Å². The van der Waals surface area contributed by atoms with Crippen LogP contribution in [0, 0.1) is 5.92 Å². The number of fused-ring (bicyclic) bond motifs is 1. The first-order chi connectivity index (χ1) is 7.79. The van der Waals surface area contributed by atoms with Gasteiger partial charge in [0, 0.05) is 12.5 Å². The van der Waals surface area contributed by atoms with E-state index >= 15 is 0 Å². The minimum absolute atomic E-state index is 0.554. The van der Waals surface area contributed by atoms with Crippen LogP contribution < -0.4 is 5.73 Å². The monoisotopic (exact) mass is 215 g/mol. The highest BCUT2D eigenvalue weighted by Gasteiger charge is 2.30. The maximum Gasteiger partial charge on any atom is 0.110 e. The second-order valence-electron chi connectivity index (χ2n) is 4.77. The van der Waals surface area contributed by atoms with Crippen LogP contribution in [0.1, 0.15) is 37.1 Å². The summed E-state index contributed by atoms with van der Waals surface area (Å²) in [6.45, 7) is 2.82. The van der Waals surface area contributed by atoms with Crippen molar-refractivity contribution < 1.29 is 0 Å². The van der Waals surface area contributed by atoms with Crippen molar-refractivity contribution in [3.8, 4) is 0 Å². The lowest BCUT2D eigenvalue weighted by molar-refractivity contribution is 0.630. The van der Waals surface area contributed by atoms with E-state index in [1.54, 1.807) is 0 Å². The molecule has 3 nitrogen and oxygen atoms in total. The Balaban J connectivity index is 2.07. The Bertz CT molecular complexity index is 511. The molecule has 3 N–H and O–H groups in total. The van der Waals surface area contributed by atoms with Gasteiger partial charge in [0.2, 0.25) is 0 Å². The van der Waals surface area contributed by atoms with E-state index in [2.05, 4.69) is 24.0 Å². The van der Waals surface area contributed by atoms with Gasteiger partial charge in [0.1, 0.15) is 5.82 Å². The zero-order valence-corrected chi connectivity index (χ0v) is 9.53. The molecule has 16 heavy (non-hydrogen) atoms. The molecular formula is C13H17N3. The normalized spacial score (nSPS) is 17.9. The van der Waals surface area contributed by atoms with Gasteiger partial charge in [0.15, 0.2) is 0 Å². The van der Waals surface area contributed by atoms with E-state index in [1.165, 1.54) is 12.8 Å². The fourth-order valence-electron chi connectivity index (χ4n) is 2.31. The third-order valence-corrected chi connectivity index (χ3v) is 3.59. The van der Waals surface area contributed by atoms with E-state index in [0.29, 0.717) is 12.5 Å². The molecule has 0 spiro atoms. The maximum atomic E-state index is 5.72. The number of aromatic nitrogens is 2. The first-order valence-corrected chi connectivity index (χ1v) is 5.97. The van der Waals surface area contributed by atoms with Crippen molar-refractivity contribution >= 4 is 11.0 Å². The first kappa shape index (κ1) is 9.85. The van der Waals surface area contributed by atoms with Crippen LogP contribution in [0.15, 0.2) is 18.2 Å². The first-order valence-electron chi connectivity index (χ1n) is 5.97. The van der Waals surface area contributed by atoms with Crippen LogP contribution >= 0.6 is 0 Å². The minimum Gasteiger partial charge on any atom is -0.342 e. The highest BCUT2D eigenvalue weighted by atomic mass is 14.9. The van der Waals surface area contributed by atoms with Gasteiger partial charge in [-0.15, -0.1) is 0 Å². The molecule has 1 aromatic carbocycles. The highest BCUT2D eigenvalue weighted by molar-refractivity contribution is 5.78. The fraction of sp³-hybridized carbons (Fsp3) is 0.462. The Morgan fingerprint density at radius 3 is 3.00 bits per heavy atom. The molecule has 1 atom stereocenters. The fourth-order valence-corrected chi connectivity index (χ4v) is 2.31. The van der Waals surface area contributed by atoms with Gasteiger partial charge in [0.25, 0.3) is 0 Å². The van der Waals surface area contributed by atoms with Gasteiger partial charge in [-0.05, 0) is 30.4 Å². The summed E-state index contributed by atoms with van der Waals surface area (Å²) in [6, 6.07) is 6.16. The SMILES string of the molecule is CC(c1nc2c(CN)cccc2[nH]1)C1CC1. The number of hydrogen-bond acceptors (Lipinski definition) is 2. The van der Waals surface area contributed by atoms with Crippen LogP contribution in [0.3, 0.4) is 0 Å². The second kappa shape index (κ2) is 3.59. The van der Waals surface area contributed by atoms with Crippen LogP contribution in [0.4, 0.5) is 0 Å². The molecule has 1 fully saturated rings. The molecule has 0 bridgehead atoms. The average molecular weight is 215 g/mol. The highest BCUT2D eigenvalue weighted by Crippen LogP contribution is 2.41. The number of aromatic amines is 1. The summed E-state index contributed by atoms with van der Waals surface area (Å²) in [5.41, 5.74) is 9.01. The predicted octanol–water partition coefficient (Wildman–Crippen LogP) is 2.54. The average Bonchev–Trinajstić information content (AvgIpc) is 3.06. The van der Waals surface area contributed by atoms with Crippen molar-refractivity contribution in [3.05, 3.63) is 29.6 Å². The summed E-state index contributed by atoms with van der Waals surface area (Å²) in [5.74, 6) is 2.51. The van der Waals surface area contributed by atoms with Crippen molar-refractivity contribution in [2.24, 2.45) is 11.7 Å². The van der Waals surface area contributed by atoms with Crippen LogP contribution in [-0.2, 0) is 6.54 Å². The number of benzene rings is 1. The van der Waals surface area contributed by atoms with Gasteiger partial charge >= 0.3 is 0 Å². The molecule has 3 rings (SSSR count). The van der Waals surface area contributed by atoms with Crippen molar-refractivity contribution in [2.75, 3.05) is 0 Å². The molecule has 1 aromatic heterocycles. The Morgan fingerprint density at radius 2 is 2.31 bits per heavy atom. The largest absolute Gasteiger partial charge is 0.342 e. The van der Waals surface area contributed by atoms with Crippen molar-refractivity contribution in [3.63, 3.8) is 0 Å². The standard InChI is InChI=1S/C13H17N3/c1-8(9-5-6-9)13-15-11-4-2-3-10(7-14)12(11)16-13/h2-4,8-9H,5-7,14H2,1H3,(H,15,16). The number of rotatable bonds is 3. The molecule has 0 saturated heterocycles. The van der Waals surface area contributed by atoms with Gasteiger partial charge in [0.05, 0.1) is 11.0 Å². The van der Waals surface area contributed by atoms with E-state index in [4.69, 9.17) is 10.7 Å². The number of imidazole rings is 1. The van der Waals surface area contributed by atoms with Gasteiger partial charge in [-0.3, -0.25) is 0 Å². The molecule has 2 aromatic rings. The quantitative estimate of drug-likeness (QED) is 0.826. The Hall–Kier alpha value is -1.35. The third-order valence-electron chi connectivity index (χ3n) is 3.59. The van der Waals surface area contributed by atoms with E-state index in [-0.39, 0.29) is 0 Å². The van der Waals surface area contributed by atoms with Crippen molar-refractivity contribution in [1.82, 2.24) is 9.97 Å². The Labute approximate surface area is 95.1 Å². The van der Waals surface area contributed by atoms with Crippen LogP contribution in [0.25, 0.3) is 11.0 Å². The van der Waals surface area contributed by atoms with Crippen LogP contribution in [-0.4, -0.2) is 9.97 Å². The van der Waals surface area contributed by atoms with Crippen molar-refractivity contribution in [1.29, 1.82) is 0 Å². The summed E-state index contributed by atoms with van der Waals surface area (Å²) in [5, 5.41) is 0. The number of nitrogens with one attached hydrogen (secondary N) is 1. The van der Waals surface area contributed by atoms with E-state index in [1.807, 2.05) is 6.07 Å². The predicted molar refractivity (Wildman–Crippen MR) is 65.1 cm³/mol. The van der Waals surface area contributed by atoms with Gasteiger partial charge < -0.3 is 10.7 Å². The number of nitrogens with zero attached hydrogens (tertiary/aromatic N) is 1. The van der Waals surface area contributed by atoms with E-state index < -0.39 is 0 Å². The zero-order valence-electron chi connectivity index (χ0n) is 9.53. The van der Waals surface area contributed by atoms with Gasteiger partial charge in [-0.2, -0.15) is 0 Å². The summed E-state index contributed by atoms with van der Waals surface area (Å²) >= 11 is 0. The van der Waals surface area contributed by atoms with Crippen LogP contribution in [0.5, 0.6) is 0 Å².